The molecule has 3 aromatic rings. The van der Waals surface area contributed by atoms with Crippen molar-refractivity contribution in [1.29, 1.82) is 0 Å². The Morgan fingerprint density at radius 3 is 3.00 bits per heavy atom. The SMILES string of the molecule is COC(=O)c1cnc(Oc2ccc3c(c2)CCC(c2cnccn2)O3)s1. The Bertz CT molecular complexity index is 929. The second kappa shape index (κ2) is 7.09. The number of esters is 1. The number of benzene rings is 1. The normalized spacial score (nSPS) is 15.7. The summed E-state index contributed by atoms with van der Waals surface area (Å²) in [6.45, 7) is 0. The van der Waals surface area contributed by atoms with Gasteiger partial charge in [-0.3, -0.25) is 9.97 Å². The van der Waals surface area contributed by atoms with Crippen LogP contribution in [0.1, 0.15) is 33.5 Å². The van der Waals surface area contributed by atoms with Gasteiger partial charge >= 0.3 is 5.97 Å². The molecule has 0 saturated carbocycles. The highest BCUT2D eigenvalue weighted by Gasteiger charge is 2.23. The van der Waals surface area contributed by atoms with E-state index in [-0.39, 0.29) is 6.10 Å². The van der Waals surface area contributed by atoms with E-state index in [9.17, 15) is 4.79 Å². The van der Waals surface area contributed by atoms with Gasteiger partial charge in [-0.2, -0.15) is 0 Å². The molecule has 26 heavy (non-hydrogen) atoms. The Hall–Kier alpha value is -3.00. The van der Waals surface area contributed by atoms with Crippen LogP contribution in [-0.4, -0.2) is 28.0 Å². The molecule has 0 N–H and O–H groups in total. The second-order valence-electron chi connectivity index (χ2n) is 5.63. The van der Waals surface area contributed by atoms with Crippen molar-refractivity contribution < 1.29 is 19.0 Å². The van der Waals surface area contributed by atoms with E-state index in [1.807, 2.05) is 18.2 Å². The average Bonchev–Trinajstić information content (AvgIpc) is 3.16. The lowest BCUT2D eigenvalue weighted by molar-refractivity contribution is 0.0606. The van der Waals surface area contributed by atoms with Gasteiger partial charge in [-0.15, -0.1) is 0 Å². The van der Waals surface area contributed by atoms with E-state index in [1.54, 1.807) is 18.6 Å². The minimum Gasteiger partial charge on any atom is -0.484 e. The fraction of sp³-hybridized carbons (Fsp3) is 0.222. The predicted molar refractivity (Wildman–Crippen MR) is 93.7 cm³/mol. The lowest BCUT2D eigenvalue weighted by Gasteiger charge is -2.25. The minimum atomic E-state index is -0.425. The van der Waals surface area contributed by atoms with E-state index in [0.29, 0.717) is 15.8 Å². The summed E-state index contributed by atoms with van der Waals surface area (Å²) in [7, 11) is 1.33. The van der Waals surface area contributed by atoms with Gasteiger partial charge in [0.25, 0.3) is 5.19 Å². The highest BCUT2D eigenvalue weighted by Crippen LogP contribution is 2.37. The molecule has 0 spiro atoms. The molecule has 7 nitrogen and oxygen atoms in total. The summed E-state index contributed by atoms with van der Waals surface area (Å²) in [6, 6.07) is 5.63. The van der Waals surface area contributed by atoms with Crippen LogP contribution in [0.4, 0.5) is 0 Å². The first-order valence-corrected chi connectivity index (χ1v) is 8.82. The van der Waals surface area contributed by atoms with Crippen LogP contribution < -0.4 is 9.47 Å². The molecule has 4 rings (SSSR count). The van der Waals surface area contributed by atoms with Crippen LogP contribution in [0, 0.1) is 0 Å². The van der Waals surface area contributed by atoms with Gasteiger partial charge < -0.3 is 14.2 Å². The fourth-order valence-corrected chi connectivity index (χ4v) is 3.42. The summed E-state index contributed by atoms with van der Waals surface area (Å²) in [5, 5.41) is 0.388. The molecule has 1 aliphatic rings. The average molecular weight is 369 g/mol. The van der Waals surface area contributed by atoms with Crippen molar-refractivity contribution in [2.45, 2.75) is 18.9 Å². The molecule has 0 saturated heterocycles. The highest BCUT2D eigenvalue weighted by atomic mass is 32.1. The van der Waals surface area contributed by atoms with Crippen LogP contribution in [-0.2, 0) is 11.2 Å². The van der Waals surface area contributed by atoms with Gasteiger partial charge in [0.1, 0.15) is 22.5 Å². The van der Waals surface area contributed by atoms with Crippen molar-refractivity contribution >= 4 is 17.3 Å². The van der Waals surface area contributed by atoms with Crippen LogP contribution in [0.15, 0.2) is 43.0 Å². The van der Waals surface area contributed by atoms with E-state index in [4.69, 9.17) is 9.47 Å². The maximum atomic E-state index is 11.5. The van der Waals surface area contributed by atoms with E-state index in [2.05, 4.69) is 19.7 Å². The maximum absolute atomic E-state index is 11.5. The number of methoxy groups -OCH3 is 1. The van der Waals surface area contributed by atoms with Gasteiger partial charge in [-0.25, -0.2) is 9.78 Å². The second-order valence-corrected chi connectivity index (χ2v) is 6.62. The van der Waals surface area contributed by atoms with Crippen LogP contribution in [0.25, 0.3) is 0 Å². The van der Waals surface area contributed by atoms with Crippen molar-refractivity contribution in [2.75, 3.05) is 7.11 Å². The monoisotopic (exact) mass is 369 g/mol. The summed E-state index contributed by atoms with van der Waals surface area (Å²) in [6.07, 6.45) is 8.06. The third-order valence-electron chi connectivity index (χ3n) is 3.97. The molecule has 0 fully saturated rings. The molecule has 1 aliphatic heterocycles. The number of carbonyl (C=O) groups is 1. The summed E-state index contributed by atoms with van der Waals surface area (Å²) >= 11 is 1.14. The molecule has 0 radical (unpaired) electrons. The lowest BCUT2D eigenvalue weighted by Crippen LogP contribution is -2.16. The minimum absolute atomic E-state index is 0.0930. The number of fused-ring (bicyclic) bond motifs is 1. The van der Waals surface area contributed by atoms with Crippen molar-refractivity contribution in [2.24, 2.45) is 0 Å². The number of hydrogen-bond donors (Lipinski definition) is 0. The largest absolute Gasteiger partial charge is 0.484 e. The smallest absolute Gasteiger partial charge is 0.349 e. The molecule has 1 atom stereocenters. The maximum Gasteiger partial charge on any atom is 0.349 e. The van der Waals surface area contributed by atoms with Gasteiger partial charge in [0, 0.05) is 12.4 Å². The predicted octanol–water partition coefficient (Wildman–Crippen LogP) is 3.58. The summed E-state index contributed by atoms with van der Waals surface area (Å²) in [5.41, 5.74) is 1.89. The number of aryl methyl sites for hydroxylation is 1. The number of rotatable bonds is 4. The molecule has 0 bridgehead atoms. The standard InChI is InChI=1S/C18H15N3O4S/c1-23-17(22)16-10-21-18(26-16)24-12-3-5-14-11(8-12)2-4-15(25-14)13-9-19-6-7-20-13/h3,5-10,15H,2,4H2,1H3. The Labute approximate surface area is 153 Å². The molecular formula is C18H15N3O4S. The van der Waals surface area contributed by atoms with Crippen LogP contribution in [0.3, 0.4) is 0 Å². The van der Waals surface area contributed by atoms with Crippen LogP contribution in [0.2, 0.25) is 0 Å². The molecule has 1 aromatic carbocycles. The zero-order valence-electron chi connectivity index (χ0n) is 13.9. The summed E-state index contributed by atoms with van der Waals surface area (Å²) in [5.74, 6) is 1.04. The van der Waals surface area contributed by atoms with Crippen molar-refractivity contribution in [1.82, 2.24) is 15.0 Å². The van der Waals surface area contributed by atoms with Crippen LogP contribution >= 0.6 is 11.3 Å². The third kappa shape index (κ3) is 3.36. The van der Waals surface area contributed by atoms with Crippen LogP contribution in [0.5, 0.6) is 16.7 Å². The van der Waals surface area contributed by atoms with Crippen molar-refractivity contribution in [3.05, 3.63) is 59.1 Å². The van der Waals surface area contributed by atoms with Gasteiger partial charge in [-0.1, -0.05) is 11.3 Å². The van der Waals surface area contributed by atoms with Crippen molar-refractivity contribution in [3.8, 4) is 16.7 Å². The van der Waals surface area contributed by atoms with Gasteiger partial charge in [0.05, 0.1) is 25.2 Å². The molecule has 1 unspecified atom stereocenters. The molecule has 132 valence electrons. The Morgan fingerprint density at radius 1 is 1.27 bits per heavy atom. The molecule has 8 heteroatoms. The Balaban J connectivity index is 1.48. The number of carbonyl (C=O) groups excluding carboxylic acids is 1. The molecule has 0 amide bonds. The zero-order valence-corrected chi connectivity index (χ0v) is 14.7. The van der Waals surface area contributed by atoms with Gasteiger partial charge in [-0.05, 0) is 36.6 Å². The summed E-state index contributed by atoms with van der Waals surface area (Å²) < 4.78 is 16.5. The first kappa shape index (κ1) is 16.5. The topological polar surface area (TPSA) is 83.4 Å². The highest BCUT2D eigenvalue weighted by molar-refractivity contribution is 7.15. The fourth-order valence-electron chi connectivity index (χ4n) is 2.71. The van der Waals surface area contributed by atoms with E-state index in [0.717, 1.165) is 41.2 Å². The Morgan fingerprint density at radius 2 is 2.19 bits per heavy atom. The molecule has 2 aromatic heterocycles. The Kier molecular flexibility index (Phi) is 4.49. The quantitative estimate of drug-likeness (QED) is 0.650. The van der Waals surface area contributed by atoms with E-state index >= 15 is 0 Å². The first-order valence-electron chi connectivity index (χ1n) is 8.00. The lowest BCUT2D eigenvalue weighted by atomic mass is 10.0. The van der Waals surface area contributed by atoms with Crippen molar-refractivity contribution in [3.63, 3.8) is 0 Å². The number of thiazole rings is 1. The molecule has 0 aliphatic carbocycles. The first-order chi connectivity index (χ1) is 12.7. The van der Waals surface area contributed by atoms with E-state index < -0.39 is 5.97 Å². The van der Waals surface area contributed by atoms with E-state index in [1.165, 1.54) is 13.3 Å². The van der Waals surface area contributed by atoms with Gasteiger partial charge in [0.15, 0.2) is 0 Å². The molecular weight excluding hydrogens is 354 g/mol. The zero-order chi connectivity index (χ0) is 17.9. The number of ether oxygens (including phenoxy) is 3. The number of aromatic nitrogens is 3. The molecule has 3 heterocycles. The van der Waals surface area contributed by atoms with Gasteiger partial charge in [0.2, 0.25) is 0 Å². The number of hydrogen-bond acceptors (Lipinski definition) is 8. The third-order valence-corrected chi connectivity index (χ3v) is 4.82. The number of nitrogens with zero attached hydrogens (tertiary/aromatic N) is 3. The summed E-state index contributed by atoms with van der Waals surface area (Å²) in [4.78, 5) is 24.4.